The summed E-state index contributed by atoms with van der Waals surface area (Å²) >= 11 is 0. The van der Waals surface area contributed by atoms with Crippen molar-refractivity contribution in [3.8, 4) is 0 Å². The fourth-order valence-electron chi connectivity index (χ4n) is 4.20. The second kappa shape index (κ2) is 9.64. The molecule has 3 aromatic rings. The Balaban J connectivity index is 1.77. The van der Waals surface area contributed by atoms with E-state index in [1.54, 1.807) is 6.07 Å². The fourth-order valence-corrected chi connectivity index (χ4v) is 4.20. The first-order valence-electron chi connectivity index (χ1n) is 11.1. The van der Waals surface area contributed by atoms with Crippen LogP contribution >= 0.6 is 0 Å². The van der Waals surface area contributed by atoms with E-state index in [9.17, 15) is 31.1 Å². The van der Waals surface area contributed by atoms with Crippen molar-refractivity contribution in [3.05, 3.63) is 69.7 Å². The van der Waals surface area contributed by atoms with Gasteiger partial charge in [-0.1, -0.05) is 6.58 Å². The van der Waals surface area contributed by atoms with Gasteiger partial charge in [-0.2, -0.15) is 26.3 Å². The Kier molecular flexibility index (Phi) is 6.91. The number of ether oxygens (including phenoxy) is 1. The van der Waals surface area contributed by atoms with Crippen LogP contribution in [0.5, 0.6) is 0 Å². The first-order chi connectivity index (χ1) is 16.8. The van der Waals surface area contributed by atoms with Crippen LogP contribution in [-0.4, -0.2) is 32.7 Å². The molecule has 1 saturated heterocycles. The van der Waals surface area contributed by atoms with Crippen LogP contribution < -0.4 is 5.56 Å². The second-order valence-electron chi connectivity index (χ2n) is 8.71. The molecule has 0 bridgehead atoms. The van der Waals surface area contributed by atoms with E-state index in [2.05, 4.69) is 26.5 Å². The number of halogens is 6. The van der Waals surface area contributed by atoms with Gasteiger partial charge in [0, 0.05) is 36.6 Å². The predicted molar refractivity (Wildman–Crippen MR) is 119 cm³/mol. The van der Waals surface area contributed by atoms with Gasteiger partial charge < -0.3 is 9.72 Å². The molecule has 2 atom stereocenters. The number of alkyl halides is 6. The summed E-state index contributed by atoms with van der Waals surface area (Å²) in [6, 6.07) is 3.81. The standard InChI is InChI=1S/C24H22F6N4O2/c1-12(5-7-23(25,26)27)20-16-10-17(24(28,29)30)13(2)32-22(16)34-21(33-20)14-6-8-36-18(9-14)15-3-4-19(35)31-11-15/h3-4,10-11,14,18H,1,5-9H2,2H3,(H,31,35). The van der Waals surface area contributed by atoms with Gasteiger partial charge in [0.05, 0.1) is 23.1 Å². The number of aromatic amines is 1. The molecule has 1 fully saturated rings. The molecule has 4 heterocycles. The Hall–Kier alpha value is -3.28. The predicted octanol–water partition coefficient (Wildman–Crippen LogP) is 6.03. The highest BCUT2D eigenvalue weighted by Gasteiger charge is 2.35. The van der Waals surface area contributed by atoms with Gasteiger partial charge in [0.15, 0.2) is 5.65 Å². The van der Waals surface area contributed by atoms with E-state index in [4.69, 9.17) is 4.74 Å². The molecular formula is C24H22F6N4O2. The smallest absolute Gasteiger partial charge is 0.373 e. The number of aromatic nitrogens is 4. The molecule has 3 aromatic heterocycles. The summed E-state index contributed by atoms with van der Waals surface area (Å²) in [5.74, 6) is -0.0614. The minimum atomic E-state index is -4.71. The van der Waals surface area contributed by atoms with E-state index in [1.807, 2.05) is 0 Å². The molecule has 192 valence electrons. The minimum absolute atomic E-state index is 0.0410. The maximum Gasteiger partial charge on any atom is 0.418 e. The Bertz CT molecular complexity index is 1330. The Labute approximate surface area is 201 Å². The summed E-state index contributed by atoms with van der Waals surface area (Å²) in [6.45, 7) is 5.21. The van der Waals surface area contributed by atoms with Crippen molar-refractivity contribution in [1.82, 2.24) is 19.9 Å². The third-order valence-electron chi connectivity index (χ3n) is 6.07. The zero-order valence-corrected chi connectivity index (χ0v) is 19.1. The van der Waals surface area contributed by atoms with E-state index in [-0.39, 0.29) is 45.3 Å². The van der Waals surface area contributed by atoms with E-state index < -0.39 is 36.9 Å². The van der Waals surface area contributed by atoms with Crippen LogP contribution in [0.2, 0.25) is 0 Å². The summed E-state index contributed by atoms with van der Waals surface area (Å²) in [6.07, 6.45) is -8.89. The van der Waals surface area contributed by atoms with Gasteiger partial charge in [-0.3, -0.25) is 4.79 Å². The average molecular weight is 512 g/mol. The van der Waals surface area contributed by atoms with Gasteiger partial charge in [0.25, 0.3) is 0 Å². The van der Waals surface area contributed by atoms with E-state index in [0.29, 0.717) is 19.4 Å². The van der Waals surface area contributed by atoms with Crippen LogP contribution in [0.1, 0.15) is 66.0 Å². The van der Waals surface area contributed by atoms with E-state index in [1.165, 1.54) is 19.2 Å². The van der Waals surface area contributed by atoms with Gasteiger partial charge in [-0.05, 0) is 49.5 Å². The summed E-state index contributed by atoms with van der Waals surface area (Å²) in [4.78, 5) is 26.8. The summed E-state index contributed by atoms with van der Waals surface area (Å²) in [5.41, 5.74) is -1.04. The van der Waals surface area contributed by atoms with Crippen molar-refractivity contribution in [2.75, 3.05) is 6.61 Å². The Morgan fingerprint density at radius 1 is 1.17 bits per heavy atom. The monoisotopic (exact) mass is 512 g/mol. The molecule has 0 spiro atoms. The highest BCUT2D eigenvalue weighted by atomic mass is 19.4. The molecule has 1 aliphatic heterocycles. The van der Waals surface area contributed by atoms with E-state index in [0.717, 1.165) is 11.6 Å². The van der Waals surface area contributed by atoms with Gasteiger partial charge >= 0.3 is 12.4 Å². The van der Waals surface area contributed by atoms with Crippen molar-refractivity contribution in [2.45, 2.75) is 57.0 Å². The normalized spacial score (nSPS) is 19.0. The number of nitrogens with zero attached hydrogens (tertiary/aromatic N) is 3. The molecule has 4 rings (SSSR count). The lowest BCUT2D eigenvalue weighted by Crippen LogP contribution is -2.21. The number of H-pyrrole nitrogens is 1. The number of aryl methyl sites for hydroxylation is 1. The SMILES string of the molecule is C=C(CCC(F)(F)F)c1nc(C2CCOC(c3ccc(=O)[nH]c3)C2)nc2nc(C)c(C(F)(F)F)cc12. The molecule has 6 nitrogen and oxygen atoms in total. The summed E-state index contributed by atoms with van der Waals surface area (Å²) in [5, 5.41) is -0.104. The van der Waals surface area contributed by atoms with Crippen molar-refractivity contribution in [3.63, 3.8) is 0 Å². The average Bonchev–Trinajstić information content (AvgIpc) is 2.80. The lowest BCUT2D eigenvalue weighted by Gasteiger charge is -2.29. The molecule has 0 aliphatic carbocycles. The van der Waals surface area contributed by atoms with Gasteiger partial charge in [-0.15, -0.1) is 0 Å². The van der Waals surface area contributed by atoms with Gasteiger partial charge in [-0.25, -0.2) is 15.0 Å². The Morgan fingerprint density at radius 3 is 2.56 bits per heavy atom. The number of allylic oxidation sites excluding steroid dienone is 1. The maximum atomic E-state index is 13.5. The maximum absolute atomic E-state index is 13.5. The van der Waals surface area contributed by atoms with Crippen LogP contribution in [0.15, 0.2) is 35.8 Å². The zero-order chi connectivity index (χ0) is 26.3. The quantitative estimate of drug-likeness (QED) is 0.422. The number of rotatable bonds is 5. The minimum Gasteiger partial charge on any atom is -0.373 e. The van der Waals surface area contributed by atoms with Crippen molar-refractivity contribution in [2.24, 2.45) is 0 Å². The van der Waals surface area contributed by atoms with Crippen molar-refractivity contribution in [1.29, 1.82) is 0 Å². The first kappa shape index (κ1) is 25.8. The van der Waals surface area contributed by atoms with Gasteiger partial charge in [0.1, 0.15) is 5.82 Å². The van der Waals surface area contributed by atoms with Crippen molar-refractivity contribution >= 4 is 16.6 Å². The molecule has 2 unspecified atom stereocenters. The molecule has 0 aromatic carbocycles. The number of nitrogens with one attached hydrogen (secondary N) is 1. The van der Waals surface area contributed by atoms with Crippen LogP contribution in [0.3, 0.4) is 0 Å². The molecule has 0 radical (unpaired) electrons. The number of hydrogen-bond donors (Lipinski definition) is 1. The third kappa shape index (κ3) is 5.75. The largest absolute Gasteiger partial charge is 0.418 e. The van der Waals surface area contributed by atoms with Crippen LogP contribution in [0.25, 0.3) is 16.6 Å². The molecule has 1 N–H and O–H groups in total. The molecule has 12 heteroatoms. The first-order valence-corrected chi connectivity index (χ1v) is 11.1. The lowest BCUT2D eigenvalue weighted by atomic mass is 9.91. The zero-order valence-electron chi connectivity index (χ0n) is 19.1. The molecule has 36 heavy (non-hydrogen) atoms. The molecule has 0 saturated carbocycles. The fraction of sp³-hybridized carbons (Fsp3) is 0.417. The number of fused-ring (bicyclic) bond motifs is 1. The topological polar surface area (TPSA) is 80.8 Å². The number of hydrogen-bond acceptors (Lipinski definition) is 5. The molecule has 0 amide bonds. The van der Waals surface area contributed by atoms with Crippen LogP contribution in [0.4, 0.5) is 26.3 Å². The molecule has 1 aliphatic rings. The summed E-state index contributed by atoms with van der Waals surface area (Å²) in [7, 11) is 0. The van der Waals surface area contributed by atoms with E-state index >= 15 is 0 Å². The third-order valence-corrected chi connectivity index (χ3v) is 6.07. The van der Waals surface area contributed by atoms with Crippen LogP contribution in [0, 0.1) is 6.92 Å². The Morgan fingerprint density at radius 2 is 1.92 bits per heavy atom. The second-order valence-corrected chi connectivity index (χ2v) is 8.71. The van der Waals surface area contributed by atoms with Crippen molar-refractivity contribution < 1.29 is 31.1 Å². The highest BCUT2D eigenvalue weighted by Crippen LogP contribution is 2.39. The molecular weight excluding hydrogens is 490 g/mol. The summed E-state index contributed by atoms with van der Waals surface area (Å²) < 4.78 is 84.9. The van der Waals surface area contributed by atoms with Crippen LogP contribution in [-0.2, 0) is 10.9 Å². The lowest BCUT2D eigenvalue weighted by molar-refractivity contribution is -0.138. The highest BCUT2D eigenvalue weighted by molar-refractivity contribution is 5.88. The van der Waals surface area contributed by atoms with Gasteiger partial charge in [0.2, 0.25) is 5.56 Å². The number of pyridine rings is 2.